The largest absolute Gasteiger partial charge is 0.453 e. The number of carbonyl (C=O) groups is 4. The highest BCUT2D eigenvalue weighted by molar-refractivity contribution is 5.91. The molecule has 0 radical (unpaired) electrons. The third-order valence-electron chi connectivity index (χ3n) is 10.1. The van der Waals surface area contributed by atoms with Gasteiger partial charge in [0, 0.05) is 29.9 Å². The van der Waals surface area contributed by atoms with Gasteiger partial charge in [-0.05, 0) is 71.7 Å². The van der Waals surface area contributed by atoms with Crippen LogP contribution in [0.1, 0.15) is 55.1 Å². The minimum absolute atomic E-state index is 0.112. The molecule has 1 fully saturated rings. The van der Waals surface area contributed by atoms with E-state index in [0.717, 1.165) is 88.0 Å². The number of hydrogen-bond donors (Lipinski definition) is 4. The molecule has 2 aliphatic rings. The summed E-state index contributed by atoms with van der Waals surface area (Å²) in [6.45, 7) is 3.19. The van der Waals surface area contributed by atoms with Crippen LogP contribution in [-0.4, -0.2) is 94.1 Å². The van der Waals surface area contributed by atoms with E-state index < -0.39 is 12.2 Å². The number of alkyl carbamates (subject to hydrolysis) is 2. The molecule has 5 aromatic rings. The summed E-state index contributed by atoms with van der Waals surface area (Å²) in [5.74, 6) is 1.08. The number of methoxy groups -OCH3 is 2. The van der Waals surface area contributed by atoms with Crippen molar-refractivity contribution in [1.82, 2.24) is 40.4 Å². The smallest absolute Gasteiger partial charge is 0.407 e. The van der Waals surface area contributed by atoms with Crippen LogP contribution in [0.3, 0.4) is 0 Å². The van der Waals surface area contributed by atoms with Gasteiger partial charge < -0.3 is 39.9 Å². The lowest BCUT2D eigenvalue weighted by Gasteiger charge is -2.23. The average molecular weight is 733 g/mol. The lowest BCUT2D eigenvalue weighted by atomic mass is 9.89. The lowest BCUT2D eigenvalue weighted by Crippen LogP contribution is -2.40. The van der Waals surface area contributed by atoms with Crippen molar-refractivity contribution in [3.63, 3.8) is 0 Å². The second-order valence-electron chi connectivity index (χ2n) is 13.6. The Balaban J connectivity index is 1.04. The zero-order chi connectivity index (χ0) is 37.8. The molecular weight excluding hydrogens is 688 g/mol. The van der Waals surface area contributed by atoms with Crippen molar-refractivity contribution >= 4 is 34.8 Å². The molecule has 0 unspecified atom stereocenters. The van der Waals surface area contributed by atoms with Crippen molar-refractivity contribution in [2.24, 2.45) is 0 Å². The third kappa shape index (κ3) is 7.63. The van der Waals surface area contributed by atoms with E-state index in [1.54, 1.807) is 16.0 Å². The molecule has 1 aliphatic heterocycles. The summed E-state index contributed by atoms with van der Waals surface area (Å²) in [5, 5.41) is 7.15. The highest BCUT2D eigenvalue weighted by Crippen LogP contribution is 2.38. The van der Waals surface area contributed by atoms with Crippen molar-refractivity contribution in [3.8, 4) is 33.6 Å². The predicted molar refractivity (Wildman–Crippen MR) is 202 cm³/mol. The summed E-state index contributed by atoms with van der Waals surface area (Å²) >= 11 is 0. The van der Waals surface area contributed by atoms with Crippen molar-refractivity contribution in [2.45, 2.75) is 51.6 Å². The molecule has 2 aromatic heterocycles. The molecule has 3 heterocycles. The van der Waals surface area contributed by atoms with Gasteiger partial charge in [-0.15, -0.1) is 0 Å². The van der Waals surface area contributed by atoms with Crippen LogP contribution in [0.15, 0.2) is 60.8 Å². The van der Waals surface area contributed by atoms with E-state index in [-0.39, 0.29) is 30.9 Å². The van der Waals surface area contributed by atoms with Gasteiger partial charge in [0.2, 0.25) is 11.8 Å². The quantitative estimate of drug-likeness (QED) is 0.138. The Bertz CT molecular complexity index is 2210. The van der Waals surface area contributed by atoms with Gasteiger partial charge in [-0.25, -0.2) is 19.6 Å². The number of rotatable bonds is 11. The van der Waals surface area contributed by atoms with E-state index >= 15 is 0 Å². The summed E-state index contributed by atoms with van der Waals surface area (Å²) in [6.07, 6.45) is 4.68. The number of nitrogens with zero attached hydrogens (tertiary/aromatic N) is 4. The van der Waals surface area contributed by atoms with Crippen molar-refractivity contribution in [2.75, 3.05) is 40.4 Å². The average Bonchev–Trinajstić information content (AvgIpc) is 3.98. The minimum atomic E-state index is -0.646. The first kappa shape index (κ1) is 36.2. The number of amides is 4. The van der Waals surface area contributed by atoms with Crippen molar-refractivity contribution < 1.29 is 28.7 Å². The number of H-pyrrole nitrogens is 2. The number of aromatic amines is 2. The van der Waals surface area contributed by atoms with Gasteiger partial charge in [-0.1, -0.05) is 49.4 Å². The van der Waals surface area contributed by atoms with Crippen LogP contribution in [0.4, 0.5) is 9.59 Å². The molecule has 4 amide bonds. The second kappa shape index (κ2) is 15.8. The second-order valence-corrected chi connectivity index (χ2v) is 13.6. The molecule has 280 valence electrons. The van der Waals surface area contributed by atoms with Gasteiger partial charge >= 0.3 is 12.2 Å². The number of ether oxygens (including phenoxy) is 2. The molecule has 3 aromatic carbocycles. The standard InChI is InChI=1S/C40H44N8O6/c1-4-15-47(35(49)21-42-39(51)53-2)23-34-41-20-32(44-34)29-10-9-25-17-24(7-8-26(25)19-29)27-11-13-30-28(18-27)12-14-31-37(30)46-38(45-31)33-6-5-16-48(33)36(50)22-43-40(52)54-3/h7-11,13,17-20,33H,4-6,12,14-16,21-23H2,1-3H3,(H,41,44)(H,42,51)(H,43,52)(H,45,46)/t33-/m0/s1. The maximum atomic E-state index is 12.9. The van der Waals surface area contributed by atoms with Crippen LogP contribution in [0.2, 0.25) is 0 Å². The summed E-state index contributed by atoms with van der Waals surface area (Å²) in [4.78, 5) is 68.5. The molecule has 14 nitrogen and oxygen atoms in total. The number of benzene rings is 3. The number of likely N-dealkylation sites (tertiary alicyclic amines) is 1. The highest BCUT2D eigenvalue weighted by Gasteiger charge is 2.34. The molecule has 0 spiro atoms. The monoisotopic (exact) mass is 732 g/mol. The van der Waals surface area contributed by atoms with E-state index in [9.17, 15) is 19.2 Å². The summed E-state index contributed by atoms with van der Waals surface area (Å²) < 4.78 is 9.18. The van der Waals surface area contributed by atoms with Crippen LogP contribution in [0.5, 0.6) is 0 Å². The van der Waals surface area contributed by atoms with Crippen LogP contribution < -0.4 is 10.6 Å². The molecule has 1 aliphatic carbocycles. The van der Waals surface area contributed by atoms with Gasteiger partial charge in [0.05, 0.1) is 44.4 Å². The topological polar surface area (TPSA) is 175 Å². The van der Waals surface area contributed by atoms with E-state index in [4.69, 9.17) is 4.98 Å². The lowest BCUT2D eigenvalue weighted by molar-refractivity contribution is -0.131. The number of aromatic nitrogens is 4. The molecular formula is C40H44N8O6. The molecule has 4 N–H and O–H groups in total. The van der Waals surface area contributed by atoms with Crippen LogP contribution >= 0.6 is 0 Å². The van der Waals surface area contributed by atoms with E-state index in [1.807, 2.05) is 6.92 Å². The minimum Gasteiger partial charge on any atom is -0.453 e. The fraction of sp³-hybridized carbons (Fsp3) is 0.350. The van der Waals surface area contributed by atoms with Gasteiger partial charge in [0.25, 0.3) is 0 Å². The Morgan fingerprint density at radius 3 is 2.35 bits per heavy atom. The zero-order valence-corrected chi connectivity index (χ0v) is 30.7. The third-order valence-corrected chi connectivity index (χ3v) is 10.1. The number of aryl methyl sites for hydroxylation is 2. The molecule has 1 saturated heterocycles. The summed E-state index contributed by atoms with van der Waals surface area (Å²) in [6, 6.07) is 19.2. The van der Waals surface area contributed by atoms with E-state index in [1.165, 1.54) is 19.8 Å². The first-order valence-corrected chi connectivity index (χ1v) is 18.3. The SMILES string of the molecule is CCCN(Cc1ncc(-c2ccc3cc(-c4ccc5c(c4)CCc4[nH]c([C@@H]6CCCN6C(=O)CNC(=O)OC)nc4-5)ccc3c2)[nH]1)C(=O)CNC(=O)OC. The van der Waals surface area contributed by atoms with Crippen LogP contribution in [0.25, 0.3) is 44.4 Å². The molecule has 0 bridgehead atoms. The summed E-state index contributed by atoms with van der Waals surface area (Å²) in [5.41, 5.74) is 8.47. The normalized spacial score (nSPS) is 14.6. The Labute approximate surface area is 312 Å². The zero-order valence-electron chi connectivity index (χ0n) is 30.7. The Kier molecular flexibility index (Phi) is 10.6. The number of carbonyl (C=O) groups excluding carboxylic acids is 4. The molecule has 0 saturated carbocycles. The van der Waals surface area contributed by atoms with Crippen molar-refractivity contribution in [1.29, 1.82) is 0 Å². The Morgan fingerprint density at radius 2 is 1.59 bits per heavy atom. The van der Waals surface area contributed by atoms with E-state index in [2.05, 4.69) is 89.7 Å². The first-order valence-electron chi connectivity index (χ1n) is 18.3. The van der Waals surface area contributed by atoms with E-state index in [0.29, 0.717) is 25.5 Å². The Morgan fingerprint density at radius 1 is 0.889 bits per heavy atom. The van der Waals surface area contributed by atoms with Crippen LogP contribution in [0, 0.1) is 0 Å². The van der Waals surface area contributed by atoms with Crippen LogP contribution in [-0.2, 0) is 38.4 Å². The summed E-state index contributed by atoms with van der Waals surface area (Å²) in [7, 11) is 2.54. The van der Waals surface area contributed by atoms with Gasteiger partial charge in [0.1, 0.15) is 24.7 Å². The molecule has 14 heteroatoms. The van der Waals surface area contributed by atoms with Gasteiger partial charge in [0.15, 0.2) is 0 Å². The van der Waals surface area contributed by atoms with Crippen molar-refractivity contribution in [3.05, 3.63) is 83.7 Å². The maximum absolute atomic E-state index is 12.9. The number of hydrogen-bond acceptors (Lipinski definition) is 8. The van der Waals surface area contributed by atoms with Gasteiger partial charge in [-0.3, -0.25) is 9.59 Å². The fourth-order valence-corrected chi connectivity index (χ4v) is 7.39. The Hall–Kier alpha value is -6.18. The predicted octanol–water partition coefficient (Wildman–Crippen LogP) is 5.50. The molecule has 54 heavy (non-hydrogen) atoms. The number of nitrogens with one attached hydrogen (secondary N) is 4. The number of imidazole rings is 2. The molecule has 7 rings (SSSR count). The highest BCUT2D eigenvalue weighted by atomic mass is 16.5. The maximum Gasteiger partial charge on any atom is 0.407 e. The molecule has 1 atom stereocenters. The number of fused-ring (bicyclic) bond motifs is 4. The van der Waals surface area contributed by atoms with Gasteiger partial charge in [-0.2, -0.15) is 0 Å². The fourth-order valence-electron chi connectivity index (χ4n) is 7.39. The first-order chi connectivity index (χ1) is 26.2.